The van der Waals surface area contributed by atoms with Crippen molar-refractivity contribution in [3.8, 4) is 0 Å². The van der Waals surface area contributed by atoms with Crippen molar-refractivity contribution < 1.29 is 9.53 Å². The zero-order valence-corrected chi connectivity index (χ0v) is 12.6. The molecule has 0 aromatic rings. The van der Waals surface area contributed by atoms with Crippen molar-refractivity contribution in [3.05, 3.63) is 12.2 Å². The van der Waals surface area contributed by atoms with E-state index in [1.54, 1.807) is 11.8 Å². The predicted octanol–water partition coefficient (Wildman–Crippen LogP) is 4.06. The molecule has 0 heterocycles. The molecule has 0 radical (unpaired) electrons. The topological polar surface area (TPSA) is 26.3 Å². The Morgan fingerprint density at radius 2 is 2.28 bits per heavy atom. The summed E-state index contributed by atoms with van der Waals surface area (Å²) in [4.78, 5) is 11.6. The van der Waals surface area contributed by atoms with E-state index in [0.717, 1.165) is 37.4 Å². The van der Waals surface area contributed by atoms with Crippen molar-refractivity contribution >= 4 is 17.7 Å². The maximum Gasteiger partial charge on any atom is 0.305 e. The summed E-state index contributed by atoms with van der Waals surface area (Å²) in [5.74, 6) is 2.40. The van der Waals surface area contributed by atoms with Crippen LogP contribution in [0, 0.1) is 11.8 Å². The smallest absolute Gasteiger partial charge is 0.305 e. The van der Waals surface area contributed by atoms with E-state index in [1.807, 2.05) is 0 Å². The second-order valence-electron chi connectivity index (χ2n) is 5.47. The van der Waals surface area contributed by atoms with Crippen LogP contribution in [0.4, 0.5) is 0 Å². The Balaban J connectivity index is 2.12. The maximum absolute atomic E-state index is 11.6. The van der Waals surface area contributed by atoms with Gasteiger partial charge >= 0.3 is 5.97 Å². The van der Waals surface area contributed by atoms with E-state index in [0.29, 0.717) is 18.9 Å². The summed E-state index contributed by atoms with van der Waals surface area (Å²) < 4.78 is 5.21. The lowest BCUT2D eigenvalue weighted by Crippen LogP contribution is -2.17. The first-order valence-corrected chi connectivity index (χ1v) is 8.32. The zero-order chi connectivity index (χ0) is 13.4. The number of carbonyl (C=O) groups is 1. The molecule has 0 aromatic carbocycles. The molecule has 0 N–H and O–H groups in total. The van der Waals surface area contributed by atoms with Crippen molar-refractivity contribution in [3.63, 3.8) is 0 Å². The van der Waals surface area contributed by atoms with Gasteiger partial charge in [-0.15, -0.1) is 0 Å². The molecule has 1 aliphatic carbocycles. The lowest BCUT2D eigenvalue weighted by Gasteiger charge is -2.28. The molecular formula is C15H26O2S. The number of rotatable bonds is 7. The molecule has 0 aromatic heterocycles. The first kappa shape index (κ1) is 15.6. The molecule has 1 rings (SSSR count). The van der Waals surface area contributed by atoms with Crippen LogP contribution in [0.15, 0.2) is 12.2 Å². The number of hydrogen-bond acceptors (Lipinski definition) is 3. The van der Waals surface area contributed by atoms with E-state index in [-0.39, 0.29) is 5.97 Å². The molecule has 0 spiro atoms. The minimum absolute atomic E-state index is 0.0278. The monoisotopic (exact) mass is 270 g/mol. The van der Waals surface area contributed by atoms with Crippen molar-refractivity contribution in [1.82, 2.24) is 0 Å². The van der Waals surface area contributed by atoms with Gasteiger partial charge in [-0.05, 0) is 55.9 Å². The molecule has 3 heteroatoms. The summed E-state index contributed by atoms with van der Waals surface area (Å²) in [5, 5.41) is 0. The number of esters is 1. The lowest BCUT2D eigenvalue weighted by atomic mass is 9.78. The highest BCUT2D eigenvalue weighted by Gasteiger charge is 2.21. The summed E-state index contributed by atoms with van der Waals surface area (Å²) in [6.45, 7) is 6.95. The molecular weight excluding hydrogens is 244 g/mol. The number of hydrogen-bond donors (Lipinski definition) is 0. The third-order valence-corrected chi connectivity index (χ3v) is 4.16. The Morgan fingerprint density at radius 3 is 2.94 bits per heavy atom. The molecule has 0 saturated heterocycles. The first-order valence-electron chi connectivity index (χ1n) is 6.93. The van der Waals surface area contributed by atoms with Crippen molar-refractivity contribution in [2.24, 2.45) is 11.8 Å². The fraction of sp³-hybridized carbons (Fsp3) is 0.800. The third kappa shape index (κ3) is 6.48. The summed E-state index contributed by atoms with van der Waals surface area (Å²) in [6.07, 6.45) is 8.07. The average Bonchev–Trinajstić information content (AvgIpc) is 2.31. The Bertz CT molecular complexity index is 276. The van der Waals surface area contributed by atoms with E-state index in [4.69, 9.17) is 4.74 Å². The summed E-state index contributed by atoms with van der Waals surface area (Å²) in [6, 6.07) is 0. The van der Waals surface area contributed by atoms with Gasteiger partial charge in [-0.3, -0.25) is 4.79 Å². The van der Waals surface area contributed by atoms with Crippen molar-refractivity contribution in [2.75, 3.05) is 18.6 Å². The van der Waals surface area contributed by atoms with Crippen LogP contribution in [-0.4, -0.2) is 24.6 Å². The highest BCUT2D eigenvalue weighted by molar-refractivity contribution is 7.98. The second kappa shape index (κ2) is 8.63. The molecule has 2 nitrogen and oxygen atoms in total. The normalized spacial score (nSPS) is 24.0. The van der Waals surface area contributed by atoms with E-state index in [9.17, 15) is 4.79 Å². The largest absolute Gasteiger partial charge is 0.466 e. The van der Waals surface area contributed by atoms with Crippen LogP contribution in [0.1, 0.15) is 45.4 Å². The molecule has 0 amide bonds. The highest BCUT2D eigenvalue weighted by Crippen LogP contribution is 2.34. The highest BCUT2D eigenvalue weighted by atomic mass is 32.2. The fourth-order valence-corrected chi connectivity index (χ4v) is 3.13. The van der Waals surface area contributed by atoms with Gasteiger partial charge in [-0.2, -0.15) is 11.8 Å². The van der Waals surface area contributed by atoms with Crippen molar-refractivity contribution in [1.29, 1.82) is 0 Å². The average molecular weight is 270 g/mol. The Labute approximate surface area is 116 Å². The number of allylic oxidation sites excluding steroid dienone is 1. The summed E-state index contributed by atoms with van der Waals surface area (Å²) in [5.41, 5.74) is 1.35. The molecule has 2 atom stereocenters. The molecule has 0 bridgehead atoms. The molecule has 104 valence electrons. The van der Waals surface area contributed by atoms with Gasteiger partial charge in [0, 0.05) is 6.42 Å². The lowest BCUT2D eigenvalue weighted by molar-refractivity contribution is -0.144. The van der Waals surface area contributed by atoms with Gasteiger partial charge in [0.15, 0.2) is 0 Å². The maximum atomic E-state index is 11.6. The van der Waals surface area contributed by atoms with Crippen LogP contribution in [0.2, 0.25) is 0 Å². The molecule has 1 saturated carbocycles. The predicted molar refractivity (Wildman–Crippen MR) is 78.8 cm³/mol. The van der Waals surface area contributed by atoms with Gasteiger partial charge in [0.05, 0.1) is 6.61 Å². The van der Waals surface area contributed by atoms with Crippen LogP contribution < -0.4 is 0 Å². The van der Waals surface area contributed by atoms with Gasteiger partial charge in [0.25, 0.3) is 0 Å². The number of ether oxygens (including phenoxy) is 1. The summed E-state index contributed by atoms with van der Waals surface area (Å²) >= 11 is 1.79. The second-order valence-corrected chi connectivity index (χ2v) is 6.46. The standard InChI is InChI=1S/C15H26O2S/c1-12-9-13(2)11-14(10-12)5-6-15(16)17-7-4-8-18-3/h13-14H,1,4-11H2,2-3H3. The summed E-state index contributed by atoms with van der Waals surface area (Å²) in [7, 11) is 0. The van der Waals surface area contributed by atoms with Crippen LogP contribution in [0.25, 0.3) is 0 Å². The molecule has 1 aliphatic rings. The number of carbonyl (C=O) groups excluding carboxylic acids is 1. The van der Waals surface area contributed by atoms with Gasteiger partial charge in [-0.25, -0.2) is 0 Å². The van der Waals surface area contributed by atoms with E-state index in [2.05, 4.69) is 19.8 Å². The van der Waals surface area contributed by atoms with Crippen LogP contribution in [0.5, 0.6) is 0 Å². The zero-order valence-electron chi connectivity index (χ0n) is 11.7. The molecule has 18 heavy (non-hydrogen) atoms. The van der Waals surface area contributed by atoms with E-state index < -0.39 is 0 Å². The van der Waals surface area contributed by atoms with Crippen LogP contribution >= 0.6 is 11.8 Å². The minimum atomic E-state index is -0.0278. The van der Waals surface area contributed by atoms with Crippen LogP contribution in [-0.2, 0) is 9.53 Å². The van der Waals surface area contributed by atoms with E-state index in [1.165, 1.54) is 12.0 Å². The number of thioether (sulfide) groups is 1. The van der Waals surface area contributed by atoms with E-state index >= 15 is 0 Å². The Kier molecular flexibility index (Phi) is 7.48. The van der Waals surface area contributed by atoms with Gasteiger partial charge < -0.3 is 4.74 Å². The Hall–Kier alpha value is -0.440. The quantitative estimate of drug-likeness (QED) is 0.396. The molecule has 1 fully saturated rings. The van der Waals surface area contributed by atoms with Crippen LogP contribution in [0.3, 0.4) is 0 Å². The van der Waals surface area contributed by atoms with Crippen molar-refractivity contribution in [2.45, 2.75) is 45.4 Å². The van der Waals surface area contributed by atoms with Gasteiger partial charge in [-0.1, -0.05) is 19.1 Å². The SMILES string of the molecule is C=C1CC(C)CC(CCC(=O)OCCCSC)C1. The third-order valence-electron chi connectivity index (χ3n) is 3.46. The first-order chi connectivity index (χ1) is 8.61. The minimum Gasteiger partial charge on any atom is -0.466 e. The fourth-order valence-electron chi connectivity index (χ4n) is 2.72. The van der Waals surface area contributed by atoms with Gasteiger partial charge in [0.2, 0.25) is 0 Å². The van der Waals surface area contributed by atoms with Gasteiger partial charge in [0.1, 0.15) is 0 Å². The Morgan fingerprint density at radius 1 is 1.50 bits per heavy atom. The molecule has 2 unspecified atom stereocenters. The molecule has 0 aliphatic heterocycles.